The minimum absolute atomic E-state index is 0. The largest absolute Gasteiger partial charge is 2.00 e. The monoisotopic (exact) mass is 1250 g/mol. The molecule has 0 bridgehead atoms. The molecule has 90 heavy (non-hydrogen) atoms. The number of amides is 2. The standard InChI is InChI=1S/C39H44FN2O6.C33H35FN2O5.Ca/c1-26(2)35-34(37(45)41-30-14-8-4-9-15-30)33(27-12-6-3-7-13-27)36(28-16-18-29(40)19-17-28)42(35)23-20-31(43)24-32(44)25-39(46)47-38(48-39)21-10-5-11-22-38;1-21(2)31-30(33(41)35-25-11-7-4-8-12-25)29(22-9-5-3-6-10-22)32(23-13-15-24(34)16-14-23)36(31)18-17-26(37)19-27(38)20-28(39)40;/h3-4,6-9,12-19,26,31-32,43-44H,5,10-11,20-25H2,1-2H3,(H,41,45);3-16,21,26-27,37-38H,17-20H2,1-2H3,(H,35,41)(H,39,40);/q-1;;+2/p-1/t31-,32-;26-,27-;/m11./s1. The molecule has 6 N–H and O–H groups in total. The van der Waals surface area contributed by atoms with Crippen molar-refractivity contribution in [2.75, 3.05) is 10.6 Å². The van der Waals surface area contributed by atoms with Crippen LogP contribution in [0.2, 0.25) is 0 Å². The van der Waals surface area contributed by atoms with Crippen LogP contribution in [0, 0.1) is 11.6 Å². The predicted octanol–water partition coefficient (Wildman–Crippen LogP) is 11.5. The molecule has 18 heteroatoms. The first-order chi connectivity index (χ1) is 42.7. The van der Waals surface area contributed by atoms with Crippen LogP contribution < -0.4 is 20.8 Å². The molecule has 10 rings (SSSR count). The van der Waals surface area contributed by atoms with Gasteiger partial charge < -0.3 is 64.7 Å². The Morgan fingerprint density at radius 1 is 0.522 bits per heavy atom. The number of aliphatic hydroxyl groups is 4. The second-order valence-electron chi connectivity index (χ2n) is 23.8. The Balaban J connectivity index is 0.000000233. The number of benzene rings is 6. The van der Waals surface area contributed by atoms with Gasteiger partial charge >= 0.3 is 37.7 Å². The summed E-state index contributed by atoms with van der Waals surface area (Å²) >= 11 is 0. The summed E-state index contributed by atoms with van der Waals surface area (Å²) in [5, 5.41) is 72.6. The van der Waals surface area contributed by atoms with Crippen LogP contribution >= 0.6 is 0 Å². The first kappa shape index (κ1) is 69.0. The zero-order valence-corrected chi connectivity index (χ0v) is 53.5. The van der Waals surface area contributed by atoms with Crippen molar-refractivity contribution in [1.29, 1.82) is 0 Å². The van der Waals surface area contributed by atoms with E-state index in [0.717, 1.165) is 53.0 Å². The van der Waals surface area contributed by atoms with Gasteiger partial charge in [-0.25, -0.2) is 8.78 Å². The number of ether oxygens (including phenoxy) is 2. The molecule has 468 valence electrons. The van der Waals surface area contributed by atoms with Gasteiger partial charge in [0.05, 0.1) is 46.9 Å². The number of carboxylic acids is 1. The van der Waals surface area contributed by atoms with Crippen molar-refractivity contribution in [1.82, 2.24) is 9.13 Å². The number of aliphatic carboxylic acids is 1. The van der Waals surface area contributed by atoms with E-state index in [1.54, 1.807) is 36.4 Å². The zero-order chi connectivity index (χ0) is 63.4. The van der Waals surface area contributed by atoms with E-state index in [1.807, 2.05) is 146 Å². The van der Waals surface area contributed by atoms with Gasteiger partial charge in [0.1, 0.15) is 17.6 Å². The molecule has 6 aromatic carbocycles. The molecular formula is C72H78CaF2N4O11. The van der Waals surface area contributed by atoms with Crippen molar-refractivity contribution in [2.45, 2.75) is 159 Å². The van der Waals surface area contributed by atoms with E-state index >= 15 is 0 Å². The molecule has 4 atom stereocenters. The average molecular weight is 1250 g/mol. The Bertz CT molecular complexity index is 3630. The van der Waals surface area contributed by atoms with Gasteiger partial charge in [0.25, 0.3) is 11.8 Å². The first-order valence-corrected chi connectivity index (χ1v) is 30.6. The Kier molecular flexibility index (Phi) is 24.1. The summed E-state index contributed by atoms with van der Waals surface area (Å²) in [5.41, 5.74) is 9.61. The molecule has 3 heterocycles. The SMILES string of the molecule is CC(C)c1c(C(=O)Nc2ccccc2)c(-c2ccccc2)c(-c2ccc(F)cc2)n1CC[C@@H](O)C[C@@H](O)CC(=O)[O-].CC(C)c1c(C(=O)Nc2ccccc2)c(-c2ccccc2)c(-c2ccc(F)cc2)n1CC[C@@H](O)C[C@@H](O)CC1([O-])OC2(CCCCC2)O1.[Ca+2]. The van der Waals surface area contributed by atoms with Crippen molar-refractivity contribution < 1.29 is 63.3 Å². The van der Waals surface area contributed by atoms with E-state index < -0.39 is 54.4 Å². The third kappa shape index (κ3) is 17.2. The Morgan fingerprint density at radius 3 is 1.26 bits per heavy atom. The van der Waals surface area contributed by atoms with Crippen LogP contribution in [0.25, 0.3) is 44.8 Å². The maximum absolute atomic E-state index is 14.2. The number of hydrogen-bond acceptors (Lipinski definition) is 11. The number of nitrogens with zero attached hydrogens (tertiary/aromatic N) is 2. The summed E-state index contributed by atoms with van der Waals surface area (Å²) in [6, 6.07) is 49.8. The molecule has 0 radical (unpaired) electrons. The molecule has 2 fully saturated rings. The third-order valence-electron chi connectivity index (χ3n) is 16.2. The molecule has 15 nitrogen and oxygen atoms in total. The normalized spacial score (nSPS) is 15.4. The molecular weight excluding hydrogens is 1170 g/mol. The van der Waals surface area contributed by atoms with E-state index in [2.05, 4.69) is 10.6 Å². The van der Waals surface area contributed by atoms with Gasteiger partial charge in [-0.2, -0.15) is 0 Å². The number of carboxylic acid groups (broad SMARTS) is 1. The molecule has 2 aromatic heterocycles. The van der Waals surface area contributed by atoms with Gasteiger partial charge in [0, 0.05) is 78.6 Å². The van der Waals surface area contributed by atoms with Crippen molar-refractivity contribution >= 4 is 66.9 Å². The smallest absolute Gasteiger partial charge is 0.806 e. The molecule has 2 aliphatic rings. The van der Waals surface area contributed by atoms with Crippen LogP contribution in [0.4, 0.5) is 20.2 Å². The van der Waals surface area contributed by atoms with Crippen molar-refractivity contribution in [3.05, 3.63) is 204 Å². The second kappa shape index (κ2) is 31.4. The van der Waals surface area contributed by atoms with E-state index in [-0.39, 0.29) is 106 Å². The zero-order valence-electron chi connectivity index (χ0n) is 51.3. The van der Waals surface area contributed by atoms with Gasteiger partial charge in [-0.05, 0) is 145 Å². The third-order valence-corrected chi connectivity index (χ3v) is 16.2. The summed E-state index contributed by atoms with van der Waals surface area (Å²) in [4.78, 5) is 39.1. The van der Waals surface area contributed by atoms with E-state index in [1.165, 1.54) is 24.3 Å². The maximum Gasteiger partial charge on any atom is 2.00 e. The van der Waals surface area contributed by atoms with Crippen LogP contribution in [-0.2, 0) is 27.4 Å². The van der Waals surface area contributed by atoms with Crippen molar-refractivity contribution in [3.8, 4) is 44.8 Å². The number of nitrogens with one attached hydrogen (secondary N) is 2. The molecule has 0 unspecified atom stereocenters. The number of rotatable bonds is 24. The number of aromatic nitrogens is 2. The summed E-state index contributed by atoms with van der Waals surface area (Å²) in [7, 11) is 0. The summed E-state index contributed by atoms with van der Waals surface area (Å²) in [5.74, 6) is -5.90. The summed E-state index contributed by atoms with van der Waals surface area (Å²) in [6.07, 6.45) is -0.629. The number of halogens is 2. The predicted molar refractivity (Wildman–Crippen MR) is 341 cm³/mol. The number of hydrogen-bond donors (Lipinski definition) is 6. The number of carbonyl (C=O) groups excluding carboxylic acids is 3. The fourth-order valence-corrected chi connectivity index (χ4v) is 12.4. The van der Waals surface area contributed by atoms with Crippen molar-refractivity contribution in [3.63, 3.8) is 0 Å². The Hall–Kier alpha value is -6.87. The number of anilines is 2. The number of carbonyl (C=O) groups is 3. The van der Waals surface area contributed by atoms with Crippen LogP contribution in [0.5, 0.6) is 0 Å². The van der Waals surface area contributed by atoms with Gasteiger partial charge in [0.15, 0.2) is 5.79 Å². The fraction of sp³-hybridized carbons (Fsp3) is 0.347. The van der Waals surface area contributed by atoms with Crippen LogP contribution in [0.3, 0.4) is 0 Å². The van der Waals surface area contributed by atoms with Crippen LogP contribution in [0.15, 0.2) is 170 Å². The molecule has 1 aliphatic heterocycles. The van der Waals surface area contributed by atoms with Crippen LogP contribution in [-0.4, -0.2) is 121 Å². The van der Waals surface area contributed by atoms with E-state index in [4.69, 9.17) is 9.47 Å². The molecule has 8 aromatic rings. The minimum Gasteiger partial charge on any atom is -0.806 e. The quantitative estimate of drug-likeness (QED) is 0.0312. The van der Waals surface area contributed by atoms with Crippen molar-refractivity contribution in [2.24, 2.45) is 0 Å². The summed E-state index contributed by atoms with van der Waals surface area (Å²) in [6.45, 7) is 8.55. The molecule has 2 amide bonds. The topological polar surface area (TPSA) is 231 Å². The number of para-hydroxylation sites is 2. The molecule has 1 saturated heterocycles. The van der Waals surface area contributed by atoms with Gasteiger partial charge in [-0.1, -0.05) is 131 Å². The molecule has 1 aliphatic carbocycles. The first-order valence-electron chi connectivity index (χ1n) is 30.6. The fourth-order valence-electron chi connectivity index (χ4n) is 12.4. The Morgan fingerprint density at radius 2 is 0.889 bits per heavy atom. The number of aliphatic hydroxyl groups excluding tert-OH is 4. The maximum atomic E-state index is 14.2. The van der Waals surface area contributed by atoms with Gasteiger partial charge in [-0.15, -0.1) is 0 Å². The molecule has 1 spiro atoms. The van der Waals surface area contributed by atoms with E-state index in [0.29, 0.717) is 64.3 Å². The van der Waals surface area contributed by atoms with Crippen LogP contribution in [0.1, 0.15) is 142 Å². The summed E-state index contributed by atoms with van der Waals surface area (Å²) < 4.78 is 43.6. The second-order valence-corrected chi connectivity index (χ2v) is 23.8. The van der Waals surface area contributed by atoms with Gasteiger partial charge in [0.2, 0.25) is 0 Å². The van der Waals surface area contributed by atoms with E-state index in [9.17, 15) is 53.8 Å². The van der Waals surface area contributed by atoms with Gasteiger partial charge in [-0.3, -0.25) is 9.59 Å². The Labute approximate surface area is 554 Å². The average Bonchev–Trinajstić information content (AvgIpc) is 1.44. The molecule has 1 saturated carbocycles. The minimum atomic E-state index is -2.11.